The van der Waals surface area contributed by atoms with Gasteiger partial charge in [-0.1, -0.05) is 0 Å². The molecule has 1 aliphatic heterocycles. The molecule has 0 bridgehead atoms. The maximum absolute atomic E-state index is 12.4. The Morgan fingerprint density at radius 1 is 1.63 bits per heavy atom. The van der Waals surface area contributed by atoms with Gasteiger partial charge >= 0.3 is 5.97 Å². The van der Waals surface area contributed by atoms with Gasteiger partial charge in [-0.05, 0) is 24.6 Å². The molecule has 1 aromatic heterocycles. The summed E-state index contributed by atoms with van der Waals surface area (Å²) in [7, 11) is 0. The lowest BCUT2D eigenvalue weighted by atomic mass is 10.2. The van der Waals surface area contributed by atoms with Gasteiger partial charge in [0.05, 0.1) is 18.4 Å². The van der Waals surface area contributed by atoms with Crippen molar-refractivity contribution in [1.29, 1.82) is 0 Å². The standard InChI is InChI=1S/C12H14ClNO4S/c1-2-17-12(16)9-7-19-6-4-14(9)11(15)8-3-5-18-10(8)13/h3,5,9H,2,4,6-7H2,1H3. The number of thioether (sulfide) groups is 1. The molecule has 1 fully saturated rings. The highest BCUT2D eigenvalue weighted by Crippen LogP contribution is 2.24. The van der Waals surface area contributed by atoms with Crippen LogP contribution in [0.25, 0.3) is 0 Å². The van der Waals surface area contributed by atoms with E-state index >= 15 is 0 Å². The monoisotopic (exact) mass is 303 g/mol. The molecule has 2 rings (SSSR count). The van der Waals surface area contributed by atoms with E-state index in [-0.39, 0.29) is 22.7 Å². The molecule has 0 aromatic carbocycles. The highest BCUT2D eigenvalue weighted by Gasteiger charge is 2.35. The first kappa shape index (κ1) is 14.3. The molecule has 1 aromatic rings. The number of carbonyl (C=O) groups excluding carboxylic acids is 2. The molecule has 0 saturated carbocycles. The Balaban J connectivity index is 2.18. The third-order valence-corrected chi connectivity index (χ3v) is 4.11. The Kier molecular flexibility index (Phi) is 4.76. The zero-order valence-corrected chi connectivity index (χ0v) is 12.0. The molecule has 0 N–H and O–H groups in total. The molecule has 1 saturated heterocycles. The number of ether oxygens (including phenoxy) is 1. The van der Waals surface area contributed by atoms with Gasteiger partial charge in [0, 0.05) is 18.1 Å². The van der Waals surface area contributed by atoms with E-state index in [1.165, 1.54) is 17.2 Å². The molecule has 1 unspecified atom stereocenters. The average Bonchev–Trinajstić information content (AvgIpc) is 2.84. The number of amides is 1. The fourth-order valence-electron chi connectivity index (χ4n) is 1.88. The summed E-state index contributed by atoms with van der Waals surface area (Å²) in [6.45, 7) is 2.54. The van der Waals surface area contributed by atoms with Crippen LogP contribution >= 0.6 is 23.4 Å². The largest absolute Gasteiger partial charge is 0.464 e. The number of esters is 1. The van der Waals surface area contributed by atoms with E-state index < -0.39 is 6.04 Å². The lowest BCUT2D eigenvalue weighted by Gasteiger charge is -2.33. The van der Waals surface area contributed by atoms with Crippen molar-refractivity contribution < 1.29 is 18.7 Å². The van der Waals surface area contributed by atoms with Crippen molar-refractivity contribution >= 4 is 35.2 Å². The first-order chi connectivity index (χ1) is 9.15. The lowest BCUT2D eigenvalue weighted by molar-refractivity contribution is -0.147. The minimum Gasteiger partial charge on any atom is -0.464 e. The van der Waals surface area contributed by atoms with Crippen molar-refractivity contribution in [1.82, 2.24) is 4.90 Å². The number of halogens is 1. The van der Waals surface area contributed by atoms with Crippen LogP contribution < -0.4 is 0 Å². The minimum absolute atomic E-state index is 0.0471. The van der Waals surface area contributed by atoms with Crippen molar-refractivity contribution in [2.24, 2.45) is 0 Å². The van der Waals surface area contributed by atoms with Crippen LogP contribution in [0.2, 0.25) is 5.22 Å². The molecule has 104 valence electrons. The van der Waals surface area contributed by atoms with Gasteiger partial charge in [-0.3, -0.25) is 4.79 Å². The number of furan rings is 1. The van der Waals surface area contributed by atoms with Crippen LogP contribution in [-0.4, -0.2) is 47.5 Å². The molecule has 1 aliphatic rings. The van der Waals surface area contributed by atoms with E-state index in [2.05, 4.69) is 0 Å². The summed E-state index contributed by atoms with van der Waals surface area (Å²) >= 11 is 7.44. The van der Waals surface area contributed by atoms with Crippen molar-refractivity contribution in [2.75, 3.05) is 24.7 Å². The van der Waals surface area contributed by atoms with E-state index in [1.54, 1.807) is 18.7 Å². The number of nitrogens with zero attached hydrogens (tertiary/aromatic N) is 1. The molecule has 19 heavy (non-hydrogen) atoms. The van der Waals surface area contributed by atoms with Crippen LogP contribution in [0.3, 0.4) is 0 Å². The number of rotatable bonds is 3. The second-order valence-electron chi connectivity index (χ2n) is 3.95. The predicted molar refractivity (Wildman–Crippen MR) is 72.5 cm³/mol. The molecular weight excluding hydrogens is 290 g/mol. The lowest BCUT2D eigenvalue weighted by Crippen LogP contribution is -2.50. The quantitative estimate of drug-likeness (QED) is 0.800. The first-order valence-electron chi connectivity index (χ1n) is 5.93. The third kappa shape index (κ3) is 3.06. The number of carbonyl (C=O) groups is 2. The number of hydrogen-bond acceptors (Lipinski definition) is 5. The van der Waals surface area contributed by atoms with E-state index in [4.69, 9.17) is 20.8 Å². The summed E-state index contributed by atoms with van der Waals surface area (Å²) in [5.74, 6) is 0.664. The Hall–Kier alpha value is -1.14. The highest BCUT2D eigenvalue weighted by molar-refractivity contribution is 7.99. The second kappa shape index (κ2) is 6.34. The molecule has 5 nitrogen and oxygen atoms in total. The van der Waals surface area contributed by atoms with Gasteiger partial charge in [0.25, 0.3) is 5.91 Å². The van der Waals surface area contributed by atoms with Gasteiger partial charge < -0.3 is 14.1 Å². The summed E-state index contributed by atoms with van der Waals surface area (Å²) in [5.41, 5.74) is 0.280. The Labute approximate surface area is 120 Å². The van der Waals surface area contributed by atoms with Crippen LogP contribution in [0, 0.1) is 0 Å². The first-order valence-corrected chi connectivity index (χ1v) is 7.46. The Morgan fingerprint density at radius 3 is 3.05 bits per heavy atom. The fourth-order valence-corrected chi connectivity index (χ4v) is 3.11. The fraction of sp³-hybridized carbons (Fsp3) is 0.500. The van der Waals surface area contributed by atoms with E-state index in [0.29, 0.717) is 18.9 Å². The minimum atomic E-state index is -0.558. The van der Waals surface area contributed by atoms with Crippen LogP contribution in [0.1, 0.15) is 17.3 Å². The van der Waals surface area contributed by atoms with Crippen LogP contribution in [-0.2, 0) is 9.53 Å². The number of hydrogen-bond donors (Lipinski definition) is 0. The maximum Gasteiger partial charge on any atom is 0.329 e. The van der Waals surface area contributed by atoms with Crippen LogP contribution in [0.5, 0.6) is 0 Å². The van der Waals surface area contributed by atoms with Gasteiger partial charge in [-0.25, -0.2) is 4.79 Å². The van der Waals surface area contributed by atoms with Gasteiger partial charge in [-0.2, -0.15) is 11.8 Å². The topological polar surface area (TPSA) is 59.8 Å². The van der Waals surface area contributed by atoms with Crippen molar-refractivity contribution in [3.63, 3.8) is 0 Å². The summed E-state index contributed by atoms with van der Waals surface area (Å²) in [5, 5.41) is 0.0471. The van der Waals surface area contributed by atoms with Gasteiger partial charge in [0.15, 0.2) is 0 Å². The molecule has 7 heteroatoms. The Morgan fingerprint density at radius 2 is 2.42 bits per heavy atom. The van der Waals surface area contributed by atoms with Gasteiger partial charge in [0.2, 0.25) is 5.22 Å². The summed E-state index contributed by atoms with van der Waals surface area (Å²) in [6.07, 6.45) is 1.35. The zero-order valence-electron chi connectivity index (χ0n) is 10.4. The van der Waals surface area contributed by atoms with Gasteiger partial charge in [0.1, 0.15) is 6.04 Å². The third-order valence-electron chi connectivity index (χ3n) is 2.80. The predicted octanol–water partition coefficient (Wildman–Crippen LogP) is 2.05. The molecular formula is C12H14ClNO4S. The van der Waals surface area contributed by atoms with Gasteiger partial charge in [-0.15, -0.1) is 0 Å². The zero-order chi connectivity index (χ0) is 13.8. The van der Waals surface area contributed by atoms with E-state index in [9.17, 15) is 9.59 Å². The van der Waals surface area contributed by atoms with Crippen LogP contribution in [0.4, 0.5) is 0 Å². The van der Waals surface area contributed by atoms with E-state index in [0.717, 1.165) is 5.75 Å². The maximum atomic E-state index is 12.4. The highest BCUT2D eigenvalue weighted by atomic mass is 35.5. The molecule has 0 radical (unpaired) electrons. The molecule has 0 spiro atoms. The smallest absolute Gasteiger partial charge is 0.329 e. The summed E-state index contributed by atoms with van der Waals surface area (Å²) in [6, 6.07) is 0.950. The van der Waals surface area contributed by atoms with E-state index in [1.807, 2.05) is 0 Å². The Bertz CT molecular complexity index is 476. The normalized spacial score (nSPS) is 19.3. The molecule has 0 aliphatic carbocycles. The second-order valence-corrected chi connectivity index (χ2v) is 5.44. The van der Waals surface area contributed by atoms with Crippen molar-refractivity contribution in [2.45, 2.75) is 13.0 Å². The summed E-state index contributed by atoms with van der Waals surface area (Å²) in [4.78, 5) is 25.8. The van der Waals surface area contributed by atoms with Crippen LogP contribution in [0.15, 0.2) is 16.7 Å². The summed E-state index contributed by atoms with van der Waals surface area (Å²) < 4.78 is 9.92. The average molecular weight is 304 g/mol. The molecule has 1 atom stereocenters. The van der Waals surface area contributed by atoms with Crippen molar-refractivity contribution in [3.05, 3.63) is 23.1 Å². The van der Waals surface area contributed by atoms with Crippen molar-refractivity contribution in [3.8, 4) is 0 Å². The SMILES string of the molecule is CCOC(=O)C1CSCCN1C(=O)c1ccoc1Cl. The molecule has 2 heterocycles. The molecule has 1 amide bonds.